The highest BCUT2D eigenvalue weighted by molar-refractivity contribution is 7.98. The third-order valence-corrected chi connectivity index (χ3v) is 7.01. The van der Waals surface area contributed by atoms with E-state index in [1.54, 1.807) is 24.1 Å². The summed E-state index contributed by atoms with van der Waals surface area (Å²) in [6.07, 6.45) is 12.0. The Morgan fingerprint density at radius 3 is 2.72 bits per heavy atom. The van der Waals surface area contributed by atoms with Crippen molar-refractivity contribution in [2.45, 2.75) is 61.7 Å². The Balaban J connectivity index is 1.39. The topological polar surface area (TPSA) is 98.7 Å². The van der Waals surface area contributed by atoms with Crippen molar-refractivity contribution in [3.63, 3.8) is 0 Å². The van der Waals surface area contributed by atoms with Crippen LogP contribution in [0.3, 0.4) is 0 Å². The Hall–Kier alpha value is -2.33. The lowest BCUT2D eigenvalue weighted by molar-refractivity contribution is 0.0948. The number of carbonyl (C=O) groups excluding carboxylic acids is 1. The van der Waals surface area contributed by atoms with Gasteiger partial charge in [0.05, 0.1) is 17.5 Å². The van der Waals surface area contributed by atoms with Crippen LogP contribution in [0.2, 0.25) is 0 Å². The minimum atomic E-state index is -0.153. The first kappa shape index (κ1) is 22.8. The molecule has 1 fully saturated rings. The molecule has 1 saturated carbocycles. The summed E-state index contributed by atoms with van der Waals surface area (Å²) in [6, 6.07) is 4.11. The molecule has 0 aliphatic heterocycles. The van der Waals surface area contributed by atoms with Gasteiger partial charge in [-0.25, -0.2) is 9.97 Å². The van der Waals surface area contributed by atoms with E-state index in [1.165, 1.54) is 37.4 Å². The van der Waals surface area contributed by atoms with Crippen LogP contribution < -0.4 is 5.32 Å². The molecule has 0 bridgehead atoms. The van der Waals surface area contributed by atoms with Crippen LogP contribution in [-0.4, -0.2) is 49.7 Å². The molecule has 8 nitrogen and oxygen atoms in total. The first-order valence-electron chi connectivity index (χ1n) is 10.8. The molecule has 170 valence electrons. The molecule has 3 aromatic rings. The molecule has 1 aliphatic rings. The van der Waals surface area contributed by atoms with Gasteiger partial charge in [0.15, 0.2) is 16.7 Å². The monoisotopic (exact) mass is 472 g/mol. The molecule has 10 heteroatoms. The van der Waals surface area contributed by atoms with Gasteiger partial charge in [-0.2, -0.15) is 0 Å². The van der Waals surface area contributed by atoms with E-state index in [9.17, 15) is 4.79 Å². The molecule has 0 radical (unpaired) electrons. The number of furan rings is 1. The van der Waals surface area contributed by atoms with Gasteiger partial charge < -0.3 is 14.3 Å². The lowest BCUT2D eigenvalue weighted by atomic mass is 10.2. The highest BCUT2D eigenvalue weighted by Gasteiger charge is 2.24. The highest BCUT2D eigenvalue weighted by Crippen LogP contribution is 2.33. The Morgan fingerprint density at radius 2 is 2.03 bits per heavy atom. The van der Waals surface area contributed by atoms with Crippen LogP contribution in [0.4, 0.5) is 0 Å². The molecule has 1 amide bonds. The van der Waals surface area contributed by atoms with E-state index in [4.69, 9.17) is 4.42 Å². The number of rotatable bonds is 9. The zero-order valence-corrected chi connectivity index (χ0v) is 20.3. The summed E-state index contributed by atoms with van der Waals surface area (Å²) in [5.41, 5.74) is 1.16. The van der Waals surface area contributed by atoms with Crippen LogP contribution in [0.5, 0.6) is 0 Å². The van der Waals surface area contributed by atoms with E-state index in [0.717, 1.165) is 23.8 Å². The largest absolute Gasteiger partial charge is 0.461 e. The minimum Gasteiger partial charge on any atom is -0.461 e. The van der Waals surface area contributed by atoms with Crippen molar-refractivity contribution in [2.24, 2.45) is 0 Å². The standard InChI is InChI=1S/C22H28N6O2S2/c1-14-18(21(31-2)25-19(24-14)16-10-7-13-30-16)20(29)23-12-6-11-17-26-27-22(32-3)28(17)15-8-4-5-9-15/h7,10,13,15H,4-6,8-9,11-12H2,1-3H3,(H,23,29). The van der Waals surface area contributed by atoms with Gasteiger partial charge in [0.25, 0.3) is 5.91 Å². The molecule has 32 heavy (non-hydrogen) atoms. The fourth-order valence-electron chi connectivity index (χ4n) is 4.15. The number of carbonyl (C=O) groups is 1. The molecule has 1 N–H and O–H groups in total. The van der Waals surface area contributed by atoms with Crippen molar-refractivity contribution in [2.75, 3.05) is 19.1 Å². The fraction of sp³-hybridized carbons (Fsp3) is 0.500. The first-order chi connectivity index (χ1) is 15.6. The maximum Gasteiger partial charge on any atom is 0.255 e. The van der Waals surface area contributed by atoms with Crippen LogP contribution in [0.1, 0.15) is 60.0 Å². The van der Waals surface area contributed by atoms with Gasteiger partial charge in [-0.05, 0) is 50.8 Å². The summed E-state index contributed by atoms with van der Waals surface area (Å²) in [5, 5.41) is 13.5. The average molecular weight is 473 g/mol. The molecule has 4 rings (SSSR count). The van der Waals surface area contributed by atoms with Crippen molar-refractivity contribution in [1.29, 1.82) is 0 Å². The van der Waals surface area contributed by atoms with Gasteiger partial charge in [0, 0.05) is 19.0 Å². The zero-order valence-electron chi connectivity index (χ0n) is 18.6. The lowest BCUT2D eigenvalue weighted by Gasteiger charge is -2.16. The van der Waals surface area contributed by atoms with E-state index in [-0.39, 0.29) is 5.91 Å². The van der Waals surface area contributed by atoms with Crippen molar-refractivity contribution in [1.82, 2.24) is 30.0 Å². The molecular formula is C22H28N6O2S2. The number of nitrogens with one attached hydrogen (secondary N) is 1. The molecule has 3 aromatic heterocycles. The van der Waals surface area contributed by atoms with Crippen LogP contribution in [0.25, 0.3) is 11.6 Å². The van der Waals surface area contributed by atoms with E-state index in [0.29, 0.717) is 40.5 Å². The Morgan fingerprint density at radius 1 is 1.22 bits per heavy atom. The minimum absolute atomic E-state index is 0.153. The summed E-state index contributed by atoms with van der Waals surface area (Å²) in [6.45, 7) is 2.38. The fourth-order valence-corrected chi connectivity index (χ4v) is 5.35. The maximum atomic E-state index is 12.9. The summed E-state index contributed by atoms with van der Waals surface area (Å²) in [7, 11) is 0. The van der Waals surface area contributed by atoms with Crippen molar-refractivity contribution in [3.05, 3.63) is 35.5 Å². The van der Waals surface area contributed by atoms with E-state index in [1.807, 2.05) is 25.5 Å². The normalized spacial score (nSPS) is 14.2. The zero-order chi connectivity index (χ0) is 22.5. The molecule has 3 heterocycles. The predicted molar refractivity (Wildman–Crippen MR) is 126 cm³/mol. The third kappa shape index (κ3) is 4.85. The van der Waals surface area contributed by atoms with E-state index >= 15 is 0 Å². The quantitative estimate of drug-likeness (QED) is 0.275. The van der Waals surface area contributed by atoms with Gasteiger partial charge in [-0.3, -0.25) is 4.79 Å². The van der Waals surface area contributed by atoms with Crippen molar-refractivity contribution in [3.8, 4) is 11.6 Å². The summed E-state index contributed by atoms with van der Waals surface area (Å²) < 4.78 is 7.72. The van der Waals surface area contributed by atoms with Gasteiger partial charge >= 0.3 is 0 Å². The van der Waals surface area contributed by atoms with Crippen LogP contribution in [-0.2, 0) is 6.42 Å². The van der Waals surface area contributed by atoms with Crippen LogP contribution >= 0.6 is 23.5 Å². The maximum absolute atomic E-state index is 12.9. The number of hydrogen-bond acceptors (Lipinski definition) is 8. The Labute approximate surface area is 196 Å². The smallest absolute Gasteiger partial charge is 0.255 e. The summed E-state index contributed by atoms with van der Waals surface area (Å²) in [5.74, 6) is 1.94. The molecular weight excluding hydrogens is 444 g/mol. The van der Waals surface area contributed by atoms with Crippen molar-refractivity contribution >= 4 is 29.4 Å². The predicted octanol–water partition coefficient (Wildman–Crippen LogP) is 4.56. The van der Waals surface area contributed by atoms with E-state index < -0.39 is 0 Å². The molecule has 0 atom stereocenters. The number of hydrogen-bond donors (Lipinski definition) is 1. The number of thioether (sulfide) groups is 2. The SMILES string of the molecule is CSc1nc(-c2ccco2)nc(C)c1C(=O)NCCCc1nnc(SC)n1C1CCCC1. The first-order valence-corrected chi connectivity index (χ1v) is 13.3. The Bertz CT molecular complexity index is 1060. The second kappa shape index (κ2) is 10.5. The summed E-state index contributed by atoms with van der Waals surface area (Å²) in [4.78, 5) is 21.9. The summed E-state index contributed by atoms with van der Waals surface area (Å²) >= 11 is 3.08. The van der Waals surface area contributed by atoms with Crippen molar-refractivity contribution < 1.29 is 9.21 Å². The van der Waals surface area contributed by atoms with Crippen LogP contribution in [0, 0.1) is 6.92 Å². The molecule has 0 aromatic carbocycles. The molecule has 0 spiro atoms. The van der Waals surface area contributed by atoms with Gasteiger partial charge in [0.2, 0.25) is 0 Å². The average Bonchev–Trinajstić information content (AvgIpc) is 3.57. The number of aromatic nitrogens is 5. The van der Waals surface area contributed by atoms with E-state index in [2.05, 4.69) is 30.0 Å². The number of aryl methyl sites for hydroxylation is 2. The number of amides is 1. The lowest BCUT2D eigenvalue weighted by Crippen LogP contribution is -2.27. The molecule has 0 saturated heterocycles. The Kier molecular flexibility index (Phi) is 7.51. The molecule has 1 aliphatic carbocycles. The second-order valence-corrected chi connectivity index (χ2v) is 9.33. The molecule has 0 unspecified atom stereocenters. The van der Waals surface area contributed by atoms with Gasteiger partial charge in [-0.1, -0.05) is 24.6 Å². The number of nitrogens with zero attached hydrogens (tertiary/aromatic N) is 5. The van der Waals surface area contributed by atoms with Gasteiger partial charge in [-0.15, -0.1) is 22.0 Å². The van der Waals surface area contributed by atoms with Gasteiger partial charge in [0.1, 0.15) is 10.9 Å². The highest BCUT2D eigenvalue weighted by atomic mass is 32.2. The third-order valence-electron chi connectivity index (χ3n) is 5.69. The van der Waals surface area contributed by atoms with Crippen LogP contribution in [0.15, 0.2) is 33.0 Å². The second-order valence-electron chi connectivity index (χ2n) is 7.76.